The molecular weight excluding hydrogens is 490 g/mol. The van der Waals surface area contributed by atoms with Gasteiger partial charge >= 0.3 is 11.9 Å². The zero-order valence-corrected chi connectivity index (χ0v) is 21.8. The van der Waals surface area contributed by atoms with Gasteiger partial charge in [0.2, 0.25) is 6.10 Å². The Morgan fingerprint density at radius 3 is 2.13 bits per heavy atom. The minimum absolute atomic E-state index is 0.115. The Morgan fingerprint density at radius 1 is 0.763 bits per heavy atom. The third-order valence-electron chi connectivity index (χ3n) is 5.44. The van der Waals surface area contributed by atoms with Gasteiger partial charge in [0.1, 0.15) is 6.61 Å². The molecule has 1 amide bonds. The molecule has 0 fully saturated rings. The summed E-state index contributed by atoms with van der Waals surface area (Å²) in [5.74, 6) is -0.0956. The Balaban J connectivity index is 1.65. The molecule has 0 saturated carbocycles. The minimum Gasteiger partial charge on any atom is -0.493 e. The number of hydrogen-bond acceptors (Lipinski definition) is 8. The molecule has 3 aromatic rings. The van der Waals surface area contributed by atoms with Gasteiger partial charge in [-0.05, 0) is 41.8 Å². The highest BCUT2D eigenvalue weighted by Crippen LogP contribution is 2.32. The summed E-state index contributed by atoms with van der Waals surface area (Å²) in [6.45, 7) is 3.15. The van der Waals surface area contributed by atoms with E-state index in [1.165, 1.54) is 33.1 Å². The van der Waals surface area contributed by atoms with E-state index in [0.717, 1.165) is 11.1 Å². The molecule has 1 unspecified atom stereocenters. The lowest BCUT2D eigenvalue weighted by molar-refractivity contribution is -0.154. The van der Waals surface area contributed by atoms with Crippen LogP contribution >= 0.6 is 0 Å². The van der Waals surface area contributed by atoms with Crippen LogP contribution in [0.5, 0.6) is 23.0 Å². The van der Waals surface area contributed by atoms with Gasteiger partial charge in [-0.25, -0.2) is 0 Å². The van der Waals surface area contributed by atoms with Crippen LogP contribution in [0.2, 0.25) is 0 Å². The molecule has 3 aromatic carbocycles. The number of benzene rings is 3. The second-order valence-corrected chi connectivity index (χ2v) is 8.29. The van der Waals surface area contributed by atoms with E-state index in [4.69, 9.17) is 23.7 Å². The number of carbonyl (C=O) groups excluding carboxylic acids is 3. The highest BCUT2D eigenvalue weighted by molar-refractivity contribution is 5.85. The second-order valence-electron chi connectivity index (χ2n) is 8.29. The molecule has 1 atom stereocenters. The Morgan fingerprint density at radius 2 is 1.47 bits per heavy atom. The highest BCUT2D eigenvalue weighted by atomic mass is 16.6. The summed E-state index contributed by atoms with van der Waals surface area (Å²) < 4.78 is 27.0. The zero-order chi connectivity index (χ0) is 27.5. The summed E-state index contributed by atoms with van der Waals surface area (Å²) in [5.41, 5.74) is 2.29. The molecule has 9 nitrogen and oxygen atoms in total. The van der Waals surface area contributed by atoms with Crippen LogP contribution in [-0.2, 0) is 32.1 Å². The topological polar surface area (TPSA) is 109 Å². The van der Waals surface area contributed by atoms with Crippen molar-refractivity contribution in [2.45, 2.75) is 33.0 Å². The second kappa shape index (κ2) is 13.7. The van der Waals surface area contributed by atoms with Crippen LogP contribution in [0.4, 0.5) is 0 Å². The Kier molecular flexibility index (Phi) is 10.1. The van der Waals surface area contributed by atoms with Gasteiger partial charge in [-0.3, -0.25) is 14.4 Å². The molecule has 0 aliphatic heterocycles. The van der Waals surface area contributed by atoms with Crippen molar-refractivity contribution < 1.29 is 38.1 Å². The first-order valence-electron chi connectivity index (χ1n) is 12.0. The maximum Gasteiger partial charge on any atom is 0.308 e. The number of nitrogens with one attached hydrogen (secondary N) is 1. The number of rotatable bonds is 12. The van der Waals surface area contributed by atoms with E-state index in [1.54, 1.807) is 13.2 Å². The van der Waals surface area contributed by atoms with E-state index in [-0.39, 0.29) is 12.3 Å². The number of amides is 1. The van der Waals surface area contributed by atoms with Gasteiger partial charge in [0.25, 0.3) is 5.91 Å². The zero-order valence-electron chi connectivity index (χ0n) is 21.8. The highest BCUT2D eigenvalue weighted by Gasteiger charge is 2.25. The first-order chi connectivity index (χ1) is 18.3. The van der Waals surface area contributed by atoms with Gasteiger partial charge in [-0.15, -0.1) is 0 Å². The number of carbonyl (C=O) groups is 3. The molecule has 0 spiro atoms. The van der Waals surface area contributed by atoms with E-state index in [9.17, 15) is 14.4 Å². The van der Waals surface area contributed by atoms with Gasteiger partial charge in [0, 0.05) is 26.0 Å². The molecule has 0 saturated heterocycles. The normalized spacial score (nSPS) is 11.2. The summed E-state index contributed by atoms with van der Waals surface area (Å²) >= 11 is 0. The van der Waals surface area contributed by atoms with Crippen LogP contribution in [0.15, 0.2) is 66.7 Å². The molecule has 0 heterocycles. The van der Waals surface area contributed by atoms with Gasteiger partial charge < -0.3 is 29.0 Å². The van der Waals surface area contributed by atoms with Gasteiger partial charge in [0.05, 0.1) is 14.2 Å². The summed E-state index contributed by atoms with van der Waals surface area (Å²) in [7, 11) is 2.99. The largest absolute Gasteiger partial charge is 0.493 e. The lowest BCUT2D eigenvalue weighted by atomic mass is 10.1. The monoisotopic (exact) mass is 521 g/mol. The van der Waals surface area contributed by atoms with E-state index >= 15 is 0 Å². The molecule has 0 aromatic heterocycles. The van der Waals surface area contributed by atoms with Crippen molar-refractivity contribution in [2.75, 3.05) is 20.8 Å². The smallest absolute Gasteiger partial charge is 0.308 e. The lowest BCUT2D eigenvalue weighted by Crippen LogP contribution is -2.33. The number of hydrogen-bond donors (Lipinski definition) is 1. The Labute approximate surface area is 221 Å². The first-order valence-corrected chi connectivity index (χ1v) is 12.0. The van der Waals surface area contributed by atoms with Crippen molar-refractivity contribution in [2.24, 2.45) is 0 Å². The van der Waals surface area contributed by atoms with Gasteiger partial charge in [-0.2, -0.15) is 0 Å². The van der Waals surface area contributed by atoms with E-state index in [0.29, 0.717) is 35.8 Å². The first kappa shape index (κ1) is 28.0. The quantitative estimate of drug-likeness (QED) is 0.279. The number of esters is 2. The van der Waals surface area contributed by atoms with Crippen molar-refractivity contribution in [1.82, 2.24) is 5.32 Å². The molecule has 38 heavy (non-hydrogen) atoms. The average molecular weight is 522 g/mol. The van der Waals surface area contributed by atoms with Crippen LogP contribution in [0.1, 0.15) is 36.6 Å². The fourth-order valence-electron chi connectivity index (χ4n) is 3.67. The van der Waals surface area contributed by atoms with Crippen LogP contribution in [0.3, 0.4) is 0 Å². The van der Waals surface area contributed by atoms with Crippen molar-refractivity contribution in [1.29, 1.82) is 0 Å². The van der Waals surface area contributed by atoms with Gasteiger partial charge in [0.15, 0.2) is 23.0 Å². The van der Waals surface area contributed by atoms with Crippen molar-refractivity contribution in [3.8, 4) is 23.0 Å². The fourth-order valence-corrected chi connectivity index (χ4v) is 3.67. The van der Waals surface area contributed by atoms with Crippen molar-refractivity contribution in [3.05, 3.63) is 83.4 Å². The standard InChI is InChI=1S/C29H31NO8/c1-19(31)37-27-17-23(11-13-24(27)34-3)28(38-20(2)32)29(33)30-15-14-21-10-12-25(26(16-21)35-4)36-18-22-8-6-5-7-9-22/h5-13,16-17,28H,14-15,18H2,1-4H3,(H,30,33). The third kappa shape index (κ3) is 7.99. The molecule has 3 rings (SSSR count). The van der Waals surface area contributed by atoms with Crippen LogP contribution in [0, 0.1) is 0 Å². The third-order valence-corrected chi connectivity index (χ3v) is 5.44. The van der Waals surface area contributed by atoms with E-state index in [1.807, 2.05) is 48.5 Å². The summed E-state index contributed by atoms with van der Waals surface area (Å²) in [6.07, 6.45) is -0.745. The molecule has 9 heteroatoms. The average Bonchev–Trinajstić information content (AvgIpc) is 2.91. The van der Waals surface area contributed by atoms with Crippen molar-refractivity contribution >= 4 is 17.8 Å². The van der Waals surface area contributed by atoms with E-state index in [2.05, 4.69) is 5.32 Å². The van der Waals surface area contributed by atoms with Crippen LogP contribution < -0.4 is 24.3 Å². The molecule has 0 aliphatic rings. The Hall–Kier alpha value is -4.53. The predicted molar refractivity (Wildman–Crippen MR) is 139 cm³/mol. The summed E-state index contributed by atoms with van der Waals surface area (Å²) in [5, 5.41) is 2.80. The number of ether oxygens (including phenoxy) is 5. The van der Waals surface area contributed by atoms with Gasteiger partial charge in [-0.1, -0.05) is 42.5 Å². The summed E-state index contributed by atoms with van der Waals surface area (Å²) in [4.78, 5) is 36.2. The molecule has 1 N–H and O–H groups in total. The Bertz CT molecular complexity index is 1260. The van der Waals surface area contributed by atoms with Crippen LogP contribution in [-0.4, -0.2) is 38.6 Å². The molecule has 200 valence electrons. The molecule has 0 aliphatic carbocycles. The maximum absolute atomic E-state index is 13.0. The minimum atomic E-state index is -1.24. The summed E-state index contributed by atoms with van der Waals surface area (Å²) in [6, 6.07) is 19.9. The molecule has 0 bridgehead atoms. The predicted octanol–water partition coefficient (Wildman–Crippen LogP) is 4.17. The van der Waals surface area contributed by atoms with Crippen LogP contribution in [0.25, 0.3) is 0 Å². The SMILES string of the molecule is COc1cc(CCNC(=O)C(OC(C)=O)c2ccc(OC)c(OC(C)=O)c2)ccc1OCc1ccccc1. The number of methoxy groups -OCH3 is 2. The lowest BCUT2D eigenvalue weighted by Gasteiger charge is -2.19. The van der Waals surface area contributed by atoms with E-state index < -0.39 is 23.9 Å². The molecule has 0 radical (unpaired) electrons. The molecular formula is C29H31NO8. The van der Waals surface area contributed by atoms with Crippen molar-refractivity contribution in [3.63, 3.8) is 0 Å². The maximum atomic E-state index is 13.0. The fraction of sp³-hybridized carbons (Fsp3) is 0.276.